The lowest BCUT2D eigenvalue weighted by Gasteiger charge is -2.24. The fraction of sp³-hybridized carbons (Fsp3) is 0.467. The predicted molar refractivity (Wildman–Crippen MR) is 78.8 cm³/mol. The van der Waals surface area contributed by atoms with E-state index in [0.717, 1.165) is 5.56 Å². The normalized spacial score (nSPS) is 23.9. The number of carbonyl (C=O) groups is 1. The highest BCUT2D eigenvalue weighted by Gasteiger charge is 2.44. The van der Waals surface area contributed by atoms with Crippen LogP contribution in [-0.4, -0.2) is 24.5 Å². The molecular formula is C15H21N3O2. The van der Waals surface area contributed by atoms with Crippen LogP contribution in [0.5, 0.6) is 5.75 Å². The second kappa shape index (κ2) is 5.53. The van der Waals surface area contributed by atoms with Crippen molar-refractivity contribution in [2.75, 3.05) is 6.61 Å². The van der Waals surface area contributed by atoms with Crippen molar-refractivity contribution in [2.45, 2.75) is 39.3 Å². The Morgan fingerprint density at radius 1 is 1.35 bits per heavy atom. The molecule has 2 N–H and O–H groups in total. The maximum absolute atomic E-state index is 12.3. The lowest BCUT2D eigenvalue weighted by Crippen LogP contribution is -2.41. The summed E-state index contributed by atoms with van der Waals surface area (Å²) in [6.45, 7) is 8.24. The molecule has 0 saturated carbocycles. The van der Waals surface area contributed by atoms with Crippen molar-refractivity contribution in [3.05, 3.63) is 29.8 Å². The first-order valence-electron chi connectivity index (χ1n) is 6.87. The average molecular weight is 275 g/mol. The molecular weight excluding hydrogens is 254 g/mol. The van der Waals surface area contributed by atoms with Crippen molar-refractivity contribution < 1.29 is 9.53 Å². The van der Waals surface area contributed by atoms with E-state index >= 15 is 0 Å². The van der Waals surface area contributed by atoms with Crippen molar-refractivity contribution in [2.24, 2.45) is 4.99 Å². The first-order valence-corrected chi connectivity index (χ1v) is 6.87. The molecule has 1 saturated heterocycles. The quantitative estimate of drug-likeness (QED) is 0.880. The van der Waals surface area contributed by atoms with Crippen molar-refractivity contribution in [1.82, 2.24) is 10.6 Å². The SMILES string of the molecule is CCOc1ccccc1C1(C)NC(=NC(C)C)NC1=O. The fourth-order valence-electron chi connectivity index (χ4n) is 2.23. The van der Waals surface area contributed by atoms with Gasteiger partial charge in [0.2, 0.25) is 0 Å². The number of benzene rings is 1. The highest BCUT2D eigenvalue weighted by molar-refractivity contribution is 6.09. The summed E-state index contributed by atoms with van der Waals surface area (Å²) >= 11 is 0. The molecule has 1 heterocycles. The van der Waals surface area contributed by atoms with E-state index in [1.54, 1.807) is 0 Å². The Morgan fingerprint density at radius 3 is 2.70 bits per heavy atom. The number of ether oxygens (including phenoxy) is 1. The number of aliphatic imine (C=N–C) groups is 1. The van der Waals surface area contributed by atoms with Crippen LogP contribution in [0.25, 0.3) is 0 Å². The van der Waals surface area contributed by atoms with Gasteiger partial charge in [0, 0.05) is 11.6 Å². The Kier molecular flexibility index (Phi) is 3.97. The van der Waals surface area contributed by atoms with Crippen LogP contribution in [-0.2, 0) is 10.3 Å². The number of hydrogen-bond donors (Lipinski definition) is 2. The number of nitrogens with one attached hydrogen (secondary N) is 2. The van der Waals surface area contributed by atoms with Crippen molar-refractivity contribution in [3.63, 3.8) is 0 Å². The lowest BCUT2D eigenvalue weighted by molar-refractivity contribution is -0.123. The zero-order valence-electron chi connectivity index (χ0n) is 12.4. The Labute approximate surface area is 119 Å². The van der Waals surface area contributed by atoms with Gasteiger partial charge in [0.1, 0.15) is 11.3 Å². The summed E-state index contributed by atoms with van der Waals surface area (Å²) in [4.78, 5) is 16.7. The van der Waals surface area contributed by atoms with E-state index in [-0.39, 0.29) is 11.9 Å². The predicted octanol–water partition coefficient (Wildman–Crippen LogP) is 1.78. The minimum atomic E-state index is -0.862. The molecule has 0 aromatic heterocycles. The molecule has 108 valence electrons. The standard InChI is InChI=1S/C15H21N3O2/c1-5-20-12-9-7-6-8-11(12)15(4)13(19)17-14(18-15)16-10(2)3/h6-10H,5H2,1-4H3,(H2,16,17,18,19). The van der Waals surface area contributed by atoms with Gasteiger partial charge in [-0.05, 0) is 33.8 Å². The van der Waals surface area contributed by atoms with Gasteiger partial charge in [-0.25, -0.2) is 0 Å². The van der Waals surface area contributed by atoms with E-state index < -0.39 is 5.54 Å². The van der Waals surface area contributed by atoms with Crippen LogP contribution in [0.3, 0.4) is 0 Å². The molecule has 0 aliphatic carbocycles. The molecule has 5 heteroatoms. The number of carbonyl (C=O) groups excluding carboxylic acids is 1. The third kappa shape index (κ3) is 2.61. The van der Waals surface area contributed by atoms with Gasteiger partial charge in [0.15, 0.2) is 5.96 Å². The summed E-state index contributed by atoms with van der Waals surface area (Å²) in [5.74, 6) is 1.11. The number of hydrogen-bond acceptors (Lipinski definition) is 3. The molecule has 0 spiro atoms. The minimum absolute atomic E-state index is 0.113. The van der Waals surface area contributed by atoms with Gasteiger partial charge in [0.25, 0.3) is 5.91 Å². The van der Waals surface area contributed by atoms with E-state index in [1.807, 2.05) is 52.0 Å². The third-order valence-electron chi connectivity index (χ3n) is 3.17. The van der Waals surface area contributed by atoms with E-state index in [4.69, 9.17) is 4.74 Å². The summed E-state index contributed by atoms with van der Waals surface area (Å²) in [6.07, 6.45) is 0. The van der Waals surface area contributed by atoms with Gasteiger partial charge in [-0.2, -0.15) is 0 Å². The third-order valence-corrected chi connectivity index (χ3v) is 3.17. The van der Waals surface area contributed by atoms with Gasteiger partial charge in [-0.3, -0.25) is 15.1 Å². The highest BCUT2D eigenvalue weighted by Crippen LogP contribution is 2.32. The molecule has 1 unspecified atom stereocenters. The molecule has 0 radical (unpaired) electrons. The van der Waals surface area contributed by atoms with Gasteiger partial charge in [0.05, 0.1) is 6.61 Å². The molecule has 1 aliphatic heterocycles. The second-order valence-corrected chi connectivity index (χ2v) is 5.20. The van der Waals surface area contributed by atoms with Crippen LogP contribution in [0.15, 0.2) is 29.3 Å². The van der Waals surface area contributed by atoms with Crippen LogP contribution in [0.1, 0.15) is 33.3 Å². The Bertz CT molecular complexity index is 540. The summed E-state index contributed by atoms with van der Waals surface area (Å²) in [6, 6.07) is 7.68. The van der Waals surface area contributed by atoms with E-state index in [0.29, 0.717) is 18.3 Å². The summed E-state index contributed by atoms with van der Waals surface area (Å²) in [5, 5.41) is 5.96. The van der Waals surface area contributed by atoms with Gasteiger partial charge in [-0.1, -0.05) is 18.2 Å². The molecule has 5 nitrogen and oxygen atoms in total. The number of rotatable bonds is 4. The number of amides is 1. The van der Waals surface area contributed by atoms with Crippen LogP contribution in [0.4, 0.5) is 0 Å². The van der Waals surface area contributed by atoms with Crippen molar-refractivity contribution in [3.8, 4) is 5.75 Å². The minimum Gasteiger partial charge on any atom is -0.493 e. The zero-order chi connectivity index (χ0) is 14.8. The van der Waals surface area contributed by atoms with Crippen LogP contribution in [0.2, 0.25) is 0 Å². The molecule has 1 atom stereocenters. The first kappa shape index (κ1) is 14.4. The molecule has 1 aromatic rings. The number of nitrogens with zero attached hydrogens (tertiary/aromatic N) is 1. The van der Waals surface area contributed by atoms with Crippen LogP contribution >= 0.6 is 0 Å². The van der Waals surface area contributed by atoms with E-state index in [2.05, 4.69) is 15.6 Å². The monoisotopic (exact) mass is 275 g/mol. The highest BCUT2D eigenvalue weighted by atomic mass is 16.5. The largest absolute Gasteiger partial charge is 0.493 e. The van der Waals surface area contributed by atoms with Gasteiger partial charge >= 0.3 is 0 Å². The zero-order valence-corrected chi connectivity index (χ0v) is 12.4. The van der Waals surface area contributed by atoms with Crippen LogP contribution < -0.4 is 15.4 Å². The van der Waals surface area contributed by atoms with Crippen molar-refractivity contribution in [1.29, 1.82) is 0 Å². The lowest BCUT2D eigenvalue weighted by atomic mass is 9.91. The average Bonchev–Trinajstić information content (AvgIpc) is 2.65. The van der Waals surface area contributed by atoms with Crippen LogP contribution in [0, 0.1) is 0 Å². The molecule has 1 amide bonds. The Hall–Kier alpha value is -2.04. The maximum atomic E-state index is 12.3. The topological polar surface area (TPSA) is 62.7 Å². The molecule has 1 aliphatic rings. The Morgan fingerprint density at radius 2 is 2.05 bits per heavy atom. The summed E-state index contributed by atoms with van der Waals surface area (Å²) in [5.41, 5.74) is -0.0484. The van der Waals surface area contributed by atoms with Crippen molar-refractivity contribution >= 4 is 11.9 Å². The first-order chi connectivity index (χ1) is 9.47. The summed E-state index contributed by atoms with van der Waals surface area (Å²) < 4.78 is 5.62. The molecule has 1 fully saturated rings. The molecule has 1 aromatic carbocycles. The Balaban J connectivity index is 2.39. The van der Waals surface area contributed by atoms with E-state index in [9.17, 15) is 4.79 Å². The second-order valence-electron chi connectivity index (χ2n) is 5.20. The molecule has 0 bridgehead atoms. The smallest absolute Gasteiger partial charge is 0.256 e. The van der Waals surface area contributed by atoms with Gasteiger partial charge < -0.3 is 10.1 Å². The molecule has 20 heavy (non-hydrogen) atoms. The van der Waals surface area contributed by atoms with Gasteiger partial charge in [-0.15, -0.1) is 0 Å². The maximum Gasteiger partial charge on any atom is 0.256 e. The van der Waals surface area contributed by atoms with E-state index in [1.165, 1.54) is 0 Å². The summed E-state index contributed by atoms with van der Waals surface area (Å²) in [7, 11) is 0. The number of para-hydroxylation sites is 1. The molecule has 2 rings (SSSR count). The fourth-order valence-corrected chi connectivity index (χ4v) is 2.23. The number of guanidine groups is 1.